The molecule has 0 fully saturated rings. The van der Waals surface area contributed by atoms with Gasteiger partial charge in [0.05, 0.1) is 17.8 Å². The molecule has 138 valence electrons. The zero-order chi connectivity index (χ0) is 19.4. The van der Waals surface area contributed by atoms with Crippen molar-refractivity contribution in [3.63, 3.8) is 0 Å². The summed E-state index contributed by atoms with van der Waals surface area (Å²) in [7, 11) is 1.40. The van der Waals surface area contributed by atoms with Crippen molar-refractivity contribution >= 4 is 45.6 Å². The number of ether oxygens (including phenoxy) is 2. The number of methoxy groups -OCH3 is 1. The van der Waals surface area contributed by atoms with Gasteiger partial charge in [0.15, 0.2) is 6.61 Å². The van der Waals surface area contributed by atoms with Crippen molar-refractivity contribution in [2.45, 2.75) is 0 Å². The standard InChI is InChI=1S/C20H17ClN2O4/c1-26-18-10-16(22)15(21)9-14(18)20(25)27-11-19(24)23-17-8-4-6-12-5-2-3-7-13(12)17/h2-10H,11,22H2,1H3,(H,23,24). The summed E-state index contributed by atoms with van der Waals surface area (Å²) in [6.45, 7) is -0.451. The molecule has 0 aliphatic heterocycles. The fourth-order valence-electron chi connectivity index (χ4n) is 2.63. The Balaban J connectivity index is 1.69. The highest BCUT2D eigenvalue weighted by Gasteiger charge is 2.18. The number of amides is 1. The van der Waals surface area contributed by atoms with Gasteiger partial charge < -0.3 is 20.5 Å². The van der Waals surface area contributed by atoms with Gasteiger partial charge in [0.1, 0.15) is 11.3 Å². The molecule has 7 heteroatoms. The molecule has 0 heterocycles. The Morgan fingerprint density at radius 1 is 1.11 bits per heavy atom. The molecule has 0 aliphatic carbocycles. The van der Waals surface area contributed by atoms with Crippen molar-refractivity contribution in [2.75, 3.05) is 24.8 Å². The lowest BCUT2D eigenvalue weighted by Gasteiger charge is -2.11. The topological polar surface area (TPSA) is 90.7 Å². The molecule has 0 spiro atoms. The third kappa shape index (κ3) is 4.12. The lowest BCUT2D eigenvalue weighted by molar-refractivity contribution is -0.119. The van der Waals surface area contributed by atoms with Crippen LogP contribution in [0, 0.1) is 0 Å². The molecule has 0 unspecified atom stereocenters. The summed E-state index contributed by atoms with van der Waals surface area (Å²) in [5.74, 6) is -0.974. The Morgan fingerprint density at radius 3 is 2.63 bits per heavy atom. The van der Waals surface area contributed by atoms with E-state index in [1.54, 1.807) is 6.07 Å². The summed E-state index contributed by atoms with van der Waals surface area (Å²) >= 11 is 5.94. The van der Waals surface area contributed by atoms with Crippen LogP contribution in [0.4, 0.5) is 11.4 Å². The van der Waals surface area contributed by atoms with Gasteiger partial charge in [-0.05, 0) is 17.5 Å². The summed E-state index contributed by atoms with van der Waals surface area (Å²) < 4.78 is 10.2. The van der Waals surface area contributed by atoms with Crippen LogP contribution in [0.1, 0.15) is 10.4 Å². The van der Waals surface area contributed by atoms with Crippen LogP contribution in [0.15, 0.2) is 54.6 Å². The maximum Gasteiger partial charge on any atom is 0.342 e. The summed E-state index contributed by atoms with van der Waals surface area (Å²) in [5.41, 5.74) is 6.70. The summed E-state index contributed by atoms with van der Waals surface area (Å²) in [6.07, 6.45) is 0. The number of nitrogens with two attached hydrogens (primary N) is 1. The number of carbonyl (C=O) groups excluding carboxylic acids is 2. The van der Waals surface area contributed by atoms with E-state index in [1.165, 1.54) is 19.2 Å². The highest BCUT2D eigenvalue weighted by Crippen LogP contribution is 2.29. The number of hydrogen-bond donors (Lipinski definition) is 2. The van der Waals surface area contributed by atoms with Gasteiger partial charge in [-0.2, -0.15) is 0 Å². The van der Waals surface area contributed by atoms with Crippen molar-refractivity contribution in [1.82, 2.24) is 0 Å². The molecule has 3 rings (SSSR count). The first-order chi connectivity index (χ1) is 13.0. The van der Waals surface area contributed by atoms with Crippen LogP contribution in [-0.4, -0.2) is 25.6 Å². The van der Waals surface area contributed by atoms with Gasteiger partial charge in [0.25, 0.3) is 5.91 Å². The second-order valence-corrected chi connectivity index (χ2v) is 6.13. The minimum Gasteiger partial charge on any atom is -0.496 e. The van der Waals surface area contributed by atoms with E-state index in [0.29, 0.717) is 5.69 Å². The maximum absolute atomic E-state index is 12.3. The second-order valence-electron chi connectivity index (χ2n) is 5.73. The van der Waals surface area contributed by atoms with Gasteiger partial charge in [-0.1, -0.05) is 48.0 Å². The number of carbonyl (C=O) groups is 2. The average Bonchev–Trinajstić information content (AvgIpc) is 2.68. The number of nitrogen functional groups attached to an aromatic ring is 1. The first-order valence-corrected chi connectivity index (χ1v) is 8.45. The molecule has 0 aromatic heterocycles. The average molecular weight is 385 g/mol. The third-order valence-corrected chi connectivity index (χ3v) is 4.26. The van der Waals surface area contributed by atoms with Crippen LogP contribution in [0.25, 0.3) is 10.8 Å². The monoisotopic (exact) mass is 384 g/mol. The molecule has 0 radical (unpaired) electrons. The van der Waals surface area contributed by atoms with Gasteiger partial charge in [0.2, 0.25) is 0 Å². The summed E-state index contributed by atoms with van der Waals surface area (Å²) in [4.78, 5) is 24.5. The SMILES string of the molecule is COc1cc(N)c(Cl)cc1C(=O)OCC(=O)Nc1cccc2ccccc12. The zero-order valence-corrected chi connectivity index (χ0v) is 15.2. The molecule has 0 saturated heterocycles. The summed E-state index contributed by atoms with van der Waals surface area (Å²) in [5, 5.41) is 4.83. The number of nitrogens with one attached hydrogen (secondary N) is 1. The lowest BCUT2D eigenvalue weighted by atomic mass is 10.1. The maximum atomic E-state index is 12.3. The highest BCUT2D eigenvalue weighted by atomic mass is 35.5. The van der Waals surface area contributed by atoms with Crippen molar-refractivity contribution in [3.05, 3.63) is 65.2 Å². The van der Waals surface area contributed by atoms with Crippen LogP contribution in [0.5, 0.6) is 5.75 Å². The second kappa shape index (κ2) is 7.97. The molecule has 0 bridgehead atoms. The molecule has 0 aliphatic rings. The van der Waals surface area contributed by atoms with Crippen molar-refractivity contribution in [3.8, 4) is 5.75 Å². The van der Waals surface area contributed by atoms with E-state index in [1.807, 2.05) is 36.4 Å². The Bertz CT molecular complexity index is 1010. The molecule has 6 nitrogen and oxygen atoms in total. The Kier molecular flexibility index (Phi) is 5.47. The first kappa shape index (κ1) is 18.5. The van der Waals surface area contributed by atoms with E-state index in [4.69, 9.17) is 26.8 Å². The van der Waals surface area contributed by atoms with Crippen molar-refractivity contribution in [2.24, 2.45) is 0 Å². The van der Waals surface area contributed by atoms with Crippen LogP contribution in [0.2, 0.25) is 5.02 Å². The van der Waals surface area contributed by atoms with Gasteiger partial charge in [-0.15, -0.1) is 0 Å². The minimum atomic E-state index is -0.734. The Morgan fingerprint density at radius 2 is 1.85 bits per heavy atom. The first-order valence-electron chi connectivity index (χ1n) is 8.07. The minimum absolute atomic E-state index is 0.0923. The number of esters is 1. The highest BCUT2D eigenvalue weighted by molar-refractivity contribution is 6.33. The van der Waals surface area contributed by atoms with E-state index in [2.05, 4.69) is 5.32 Å². The predicted octanol–water partition coefficient (Wildman–Crippen LogP) is 3.88. The number of fused-ring (bicyclic) bond motifs is 1. The van der Waals surface area contributed by atoms with Crippen LogP contribution in [0.3, 0.4) is 0 Å². The van der Waals surface area contributed by atoms with E-state index in [0.717, 1.165) is 10.8 Å². The number of anilines is 2. The van der Waals surface area contributed by atoms with Gasteiger partial charge in [-0.3, -0.25) is 4.79 Å². The smallest absolute Gasteiger partial charge is 0.342 e. The molecule has 3 aromatic carbocycles. The van der Waals surface area contributed by atoms with Crippen molar-refractivity contribution in [1.29, 1.82) is 0 Å². The molecule has 1 amide bonds. The Labute approximate surface area is 160 Å². The van der Waals surface area contributed by atoms with Crippen LogP contribution in [-0.2, 0) is 9.53 Å². The quantitative estimate of drug-likeness (QED) is 0.514. The van der Waals surface area contributed by atoms with Gasteiger partial charge >= 0.3 is 5.97 Å². The number of rotatable bonds is 5. The van der Waals surface area contributed by atoms with Gasteiger partial charge in [-0.25, -0.2) is 4.79 Å². The Hall–Kier alpha value is -3.25. The summed E-state index contributed by atoms with van der Waals surface area (Å²) in [6, 6.07) is 16.0. The zero-order valence-electron chi connectivity index (χ0n) is 14.5. The lowest BCUT2D eigenvalue weighted by Crippen LogP contribution is -2.21. The van der Waals surface area contributed by atoms with E-state index in [9.17, 15) is 9.59 Å². The molecule has 3 aromatic rings. The number of halogens is 1. The van der Waals surface area contributed by atoms with E-state index >= 15 is 0 Å². The fourth-order valence-corrected chi connectivity index (χ4v) is 2.79. The van der Waals surface area contributed by atoms with Crippen LogP contribution < -0.4 is 15.8 Å². The van der Waals surface area contributed by atoms with Gasteiger partial charge in [0, 0.05) is 17.1 Å². The van der Waals surface area contributed by atoms with Crippen molar-refractivity contribution < 1.29 is 19.1 Å². The van der Waals surface area contributed by atoms with Crippen LogP contribution >= 0.6 is 11.6 Å². The molecular formula is C20H17ClN2O4. The molecule has 27 heavy (non-hydrogen) atoms. The molecular weight excluding hydrogens is 368 g/mol. The normalized spacial score (nSPS) is 10.4. The van der Waals surface area contributed by atoms with E-state index in [-0.39, 0.29) is 22.0 Å². The molecule has 3 N–H and O–H groups in total. The number of hydrogen-bond acceptors (Lipinski definition) is 5. The largest absolute Gasteiger partial charge is 0.496 e. The fraction of sp³-hybridized carbons (Fsp3) is 0.100. The molecule has 0 atom stereocenters. The third-order valence-electron chi connectivity index (χ3n) is 3.94. The number of benzene rings is 3. The predicted molar refractivity (Wildman–Crippen MR) is 105 cm³/mol. The molecule has 0 saturated carbocycles. The van der Waals surface area contributed by atoms with E-state index < -0.39 is 18.5 Å².